The fraction of sp³-hybridized carbons (Fsp3) is 0.0417. The Bertz CT molecular complexity index is 969. The normalized spacial score (nSPS) is 12.4. The van der Waals surface area contributed by atoms with Crippen molar-refractivity contribution in [1.82, 2.24) is 0 Å². The average molecular weight is 398 g/mol. The van der Waals surface area contributed by atoms with Gasteiger partial charge >= 0.3 is 26.2 Å². The van der Waals surface area contributed by atoms with Gasteiger partial charge in [0.1, 0.15) is 0 Å². The number of hydrogen-bond donors (Lipinski definition) is 0. The molecule has 1 aliphatic carbocycles. The largest absolute Gasteiger partial charge is 2.00 e. The van der Waals surface area contributed by atoms with Gasteiger partial charge in [0.25, 0.3) is 0 Å². The second kappa shape index (κ2) is 8.32. The second-order valence-electron chi connectivity index (χ2n) is 5.90. The molecule has 0 aromatic heterocycles. The van der Waals surface area contributed by atoms with E-state index in [0.29, 0.717) is 0 Å². The molecule has 5 rings (SSSR count). The van der Waals surface area contributed by atoms with Gasteiger partial charge in [0, 0.05) is 0 Å². The predicted molar refractivity (Wildman–Crippen MR) is 104 cm³/mol. The zero-order valence-corrected chi connectivity index (χ0v) is 16.4. The van der Waals surface area contributed by atoms with Crippen LogP contribution < -0.4 is 0 Å². The molecule has 0 bridgehead atoms. The van der Waals surface area contributed by atoms with Crippen molar-refractivity contribution < 1.29 is 26.2 Å². The first-order valence-electron chi connectivity index (χ1n) is 8.27. The molecule has 0 nitrogen and oxygen atoms in total. The third-order valence-electron chi connectivity index (χ3n) is 4.33. The summed E-state index contributed by atoms with van der Waals surface area (Å²) >= 11 is 0. The molecule has 1 heteroatoms. The van der Waals surface area contributed by atoms with Gasteiger partial charge in [-0.25, -0.2) is 6.08 Å². The Kier molecular flexibility index (Phi) is 5.89. The molecule has 0 aliphatic heterocycles. The predicted octanol–water partition coefficient (Wildman–Crippen LogP) is 6.54. The Hall–Kier alpha value is -2.11. The molecule has 0 saturated carbocycles. The molecule has 25 heavy (non-hydrogen) atoms. The maximum atomic E-state index is 3.15. The van der Waals surface area contributed by atoms with Gasteiger partial charge in [0.2, 0.25) is 0 Å². The van der Waals surface area contributed by atoms with Gasteiger partial charge in [-0.2, -0.15) is 11.6 Å². The Balaban J connectivity index is 0.000000142. The van der Waals surface area contributed by atoms with Gasteiger partial charge in [-0.3, -0.25) is 6.08 Å². The van der Waals surface area contributed by atoms with Gasteiger partial charge in [-0.15, -0.1) is 51.7 Å². The fourth-order valence-electron chi connectivity index (χ4n) is 3.13. The quantitative estimate of drug-likeness (QED) is 0.320. The number of benzene rings is 3. The SMILES string of the molecule is [C-]1=CC(c2ccccc2)=CC1.[Zr+2].c1ccc2c(c1)[cH-]c1ccccc12. The zero-order chi connectivity index (χ0) is 16.2. The van der Waals surface area contributed by atoms with Gasteiger partial charge in [0.05, 0.1) is 0 Å². The molecule has 1 aliphatic rings. The fourth-order valence-corrected chi connectivity index (χ4v) is 3.13. The van der Waals surface area contributed by atoms with E-state index in [0.717, 1.165) is 6.42 Å². The van der Waals surface area contributed by atoms with Crippen LogP contribution in [0.4, 0.5) is 0 Å². The summed E-state index contributed by atoms with van der Waals surface area (Å²) in [7, 11) is 0. The van der Waals surface area contributed by atoms with Crippen molar-refractivity contribution in [2.24, 2.45) is 0 Å². The maximum Gasteiger partial charge on any atom is 2.00 e. The van der Waals surface area contributed by atoms with Crippen LogP contribution in [0, 0.1) is 6.08 Å². The second-order valence-corrected chi connectivity index (χ2v) is 5.90. The summed E-state index contributed by atoms with van der Waals surface area (Å²) in [5.74, 6) is 0. The smallest absolute Gasteiger partial charge is 0.272 e. The van der Waals surface area contributed by atoms with E-state index in [9.17, 15) is 0 Å². The Morgan fingerprint density at radius 2 is 1.24 bits per heavy atom. The summed E-state index contributed by atoms with van der Waals surface area (Å²) < 4.78 is 0. The van der Waals surface area contributed by atoms with Crippen molar-refractivity contribution in [3.63, 3.8) is 0 Å². The van der Waals surface area contributed by atoms with Crippen molar-refractivity contribution >= 4 is 27.1 Å². The van der Waals surface area contributed by atoms with Crippen molar-refractivity contribution in [2.75, 3.05) is 0 Å². The molecule has 4 aromatic rings. The third kappa shape index (κ3) is 3.94. The minimum atomic E-state index is 0. The molecule has 0 N–H and O–H groups in total. The molecule has 0 fully saturated rings. The van der Waals surface area contributed by atoms with Crippen molar-refractivity contribution in [1.29, 1.82) is 0 Å². The Morgan fingerprint density at radius 1 is 0.680 bits per heavy atom. The molecule has 0 spiro atoms. The van der Waals surface area contributed by atoms with Crippen LogP contribution in [0.15, 0.2) is 97.1 Å². The number of rotatable bonds is 1. The first kappa shape index (κ1) is 17.7. The standard InChI is InChI=1S/C13H9.C11H9.Zr/c1-3-7-12-10(5-1)9-11-6-2-4-8-13(11)12;1-2-6-10(7-3-1)11-8-4-5-9-11;/h1-9H;1-3,6-9H,4H2;/q2*-1;+2. The Labute approximate surface area is 168 Å². The van der Waals surface area contributed by atoms with E-state index >= 15 is 0 Å². The molecule has 0 amide bonds. The summed E-state index contributed by atoms with van der Waals surface area (Å²) in [6.07, 6.45) is 8.36. The van der Waals surface area contributed by atoms with E-state index in [4.69, 9.17) is 0 Å². The molecule has 0 radical (unpaired) electrons. The molecule has 0 atom stereocenters. The van der Waals surface area contributed by atoms with Crippen LogP contribution >= 0.6 is 0 Å². The first-order chi connectivity index (χ1) is 11.9. The van der Waals surface area contributed by atoms with E-state index in [2.05, 4.69) is 97.1 Å². The van der Waals surface area contributed by atoms with Crippen LogP contribution in [-0.2, 0) is 26.2 Å². The van der Waals surface area contributed by atoms with Gasteiger partial charge < -0.3 is 0 Å². The van der Waals surface area contributed by atoms with Crippen LogP contribution in [0.2, 0.25) is 0 Å². The van der Waals surface area contributed by atoms with E-state index in [1.165, 1.54) is 32.7 Å². The van der Waals surface area contributed by atoms with Crippen molar-refractivity contribution in [3.05, 3.63) is 109 Å². The minimum Gasteiger partial charge on any atom is -0.272 e. The van der Waals surface area contributed by atoms with E-state index in [1.807, 2.05) is 6.07 Å². The number of fused-ring (bicyclic) bond motifs is 3. The van der Waals surface area contributed by atoms with Gasteiger partial charge in [-0.05, 0) is 0 Å². The topological polar surface area (TPSA) is 0 Å². The minimum absolute atomic E-state index is 0. The molecule has 0 unspecified atom stereocenters. The average Bonchev–Trinajstić information content (AvgIpc) is 3.31. The monoisotopic (exact) mass is 396 g/mol. The van der Waals surface area contributed by atoms with Crippen molar-refractivity contribution in [3.8, 4) is 0 Å². The van der Waals surface area contributed by atoms with E-state index in [-0.39, 0.29) is 26.2 Å². The number of hydrogen-bond acceptors (Lipinski definition) is 0. The van der Waals surface area contributed by atoms with Crippen LogP contribution in [0.3, 0.4) is 0 Å². The number of allylic oxidation sites excluding steroid dienone is 4. The molecule has 4 aromatic carbocycles. The van der Waals surface area contributed by atoms with Crippen molar-refractivity contribution in [2.45, 2.75) is 6.42 Å². The van der Waals surface area contributed by atoms with Crippen LogP contribution in [0.25, 0.3) is 27.1 Å². The summed E-state index contributed by atoms with van der Waals surface area (Å²) in [6, 6.07) is 29.7. The van der Waals surface area contributed by atoms with Gasteiger partial charge in [-0.1, -0.05) is 66.7 Å². The van der Waals surface area contributed by atoms with Crippen LogP contribution in [0.1, 0.15) is 12.0 Å². The van der Waals surface area contributed by atoms with E-state index < -0.39 is 0 Å². The zero-order valence-electron chi connectivity index (χ0n) is 13.9. The molecule has 118 valence electrons. The van der Waals surface area contributed by atoms with E-state index in [1.54, 1.807) is 0 Å². The maximum absolute atomic E-state index is 3.15. The molecular weight excluding hydrogens is 379 g/mol. The molecular formula is C24H18Zr. The summed E-state index contributed by atoms with van der Waals surface area (Å²) in [5.41, 5.74) is 2.59. The summed E-state index contributed by atoms with van der Waals surface area (Å²) in [6.45, 7) is 0. The van der Waals surface area contributed by atoms with Crippen LogP contribution in [0.5, 0.6) is 0 Å². The third-order valence-corrected chi connectivity index (χ3v) is 4.33. The molecule has 0 saturated heterocycles. The summed E-state index contributed by atoms with van der Waals surface area (Å²) in [4.78, 5) is 0. The molecule has 0 heterocycles. The summed E-state index contributed by atoms with van der Waals surface area (Å²) in [5, 5.41) is 5.39. The Morgan fingerprint density at radius 3 is 1.80 bits per heavy atom. The van der Waals surface area contributed by atoms with Gasteiger partial charge in [0.15, 0.2) is 0 Å². The first-order valence-corrected chi connectivity index (χ1v) is 8.27. The van der Waals surface area contributed by atoms with Crippen LogP contribution in [-0.4, -0.2) is 0 Å².